The van der Waals surface area contributed by atoms with Crippen molar-refractivity contribution in [3.05, 3.63) is 76.5 Å². The Morgan fingerprint density at radius 2 is 1.84 bits per heavy atom. The van der Waals surface area contributed by atoms with Crippen molar-refractivity contribution in [2.24, 2.45) is 0 Å². The normalized spacial score (nSPS) is 19.4. The number of halogens is 1. The van der Waals surface area contributed by atoms with Crippen LogP contribution in [-0.4, -0.2) is 56.2 Å². The largest absolute Gasteiger partial charge is 0.463 e. The molecule has 2 aliphatic rings. The number of rotatable bonds is 6. The molecule has 0 aromatic heterocycles. The number of carbonyl (C=O) groups is 2. The molecule has 1 saturated heterocycles. The van der Waals surface area contributed by atoms with Crippen molar-refractivity contribution in [2.75, 3.05) is 44.2 Å². The fraction of sp³-hybridized carbons (Fsp3) is 0.333. The summed E-state index contributed by atoms with van der Waals surface area (Å²) >= 11 is 6.14. The van der Waals surface area contributed by atoms with Gasteiger partial charge >= 0.3 is 12.0 Å². The van der Waals surface area contributed by atoms with Gasteiger partial charge in [0.15, 0.2) is 0 Å². The number of esters is 1. The number of urea groups is 1. The highest BCUT2D eigenvalue weighted by Gasteiger charge is 2.34. The summed E-state index contributed by atoms with van der Waals surface area (Å²) in [6.45, 7) is 5.77. The topological polar surface area (TPSA) is 73.9 Å². The van der Waals surface area contributed by atoms with Crippen molar-refractivity contribution in [3.63, 3.8) is 0 Å². The molecule has 7 nitrogen and oxygen atoms in total. The third-order valence-electron chi connectivity index (χ3n) is 5.71. The molecule has 1 atom stereocenters. The number of nitrogens with one attached hydrogen (secondary N) is 2. The van der Waals surface area contributed by atoms with Gasteiger partial charge in [-0.2, -0.15) is 0 Å². The zero-order valence-electron chi connectivity index (χ0n) is 18.0. The third kappa shape index (κ3) is 5.06. The summed E-state index contributed by atoms with van der Waals surface area (Å²) in [6.07, 6.45) is 0. The van der Waals surface area contributed by atoms with Crippen molar-refractivity contribution in [1.29, 1.82) is 0 Å². The van der Waals surface area contributed by atoms with Gasteiger partial charge in [0, 0.05) is 49.1 Å². The minimum Gasteiger partial charge on any atom is -0.463 e. The van der Waals surface area contributed by atoms with Gasteiger partial charge in [-0.1, -0.05) is 48.0 Å². The molecule has 2 heterocycles. The molecule has 168 valence electrons. The standard InChI is InChI=1S/C24H27ClN4O3/c1-2-32-23(30)21-20(26-24(31)27-22(21)17-7-4-3-5-8-17)16-28-11-13-29(14-12-28)19-10-6-9-18(25)15-19/h3-10,15,22H,2,11-14,16H2,1H3,(H2,26,27,31)/t22-/m0/s1. The lowest BCUT2D eigenvalue weighted by Crippen LogP contribution is -2.51. The summed E-state index contributed by atoms with van der Waals surface area (Å²) in [5, 5.41) is 6.46. The minimum absolute atomic E-state index is 0.267. The van der Waals surface area contributed by atoms with Crippen molar-refractivity contribution < 1.29 is 14.3 Å². The van der Waals surface area contributed by atoms with Crippen LogP contribution in [0.5, 0.6) is 0 Å². The number of hydrogen-bond acceptors (Lipinski definition) is 5. The van der Waals surface area contributed by atoms with Crippen molar-refractivity contribution in [2.45, 2.75) is 13.0 Å². The molecule has 2 aromatic carbocycles. The Morgan fingerprint density at radius 3 is 2.53 bits per heavy atom. The predicted octanol–water partition coefficient (Wildman–Crippen LogP) is 3.33. The molecule has 0 saturated carbocycles. The molecular weight excluding hydrogens is 428 g/mol. The van der Waals surface area contributed by atoms with Gasteiger partial charge in [-0.05, 0) is 30.7 Å². The molecule has 2 N–H and O–H groups in total. The smallest absolute Gasteiger partial charge is 0.338 e. The summed E-state index contributed by atoms with van der Waals surface area (Å²) in [5.74, 6) is -0.415. The Bertz CT molecular complexity index is 1000. The first-order valence-corrected chi connectivity index (χ1v) is 11.2. The fourth-order valence-corrected chi connectivity index (χ4v) is 4.33. The van der Waals surface area contributed by atoms with E-state index in [1.165, 1.54) is 0 Å². The molecule has 0 bridgehead atoms. The Balaban J connectivity index is 1.54. The number of carbonyl (C=O) groups excluding carboxylic acids is 2. The lowest BCUT2D eigenvalue weighted by atomic mass is 9.95. The zero-order chi connectivity index (χ0) is 22.5. The first-order valence-electron chi connectivity index (χ1n) is 10.8. The Hall–Kier alpha value is -3.03. The molecule has 2 amide bonds. The monoisotopic (exact) mass is 454 g/mol. The van der Waals surface area contributed by atoms with Crippen LogP contribution in [0.4, 0.5) is 10.5 Å². The van der Waals surface area contributed by atoms with Crippen LogP contribution in [0, 0.1) is 0 Å². The van der Waals surface area contributed by atoms with Gasteiger partial charge in [-0.25, -0.2) is 9.59 Å². The Morgan fingerprint density at radius 1 is 1.09 bits per heavy atom. The third-order valence-corrected chi connectivity index (χ3v) is 5.94. The Kier molecular flexibility index (Phi) is 6.97. The number of piperazine rings is 1. The number of benzene rings is 2. The summed E-state index contributed by atoms with van der Waals surface area (Å²) in [6, 6.07) is 16.5. The van der Waals surface area contributed by atoms with E-state index in [-0.39, 0.29) is 12.6 Å². The predicted molar refractivity (Wildman–Crippen MR) is 125 cm³/mol. The highest BCUT2D eigenvalue weighted by atomic mass is 35.5. The van der Waals surface area contributed by atoms with Gasteiger partial charge in [0.25, 0.3) is 0 Å². The average molecular weight is 455 g/mol. The molecule has 0 aliphatic carbocycles. The first kappa shape index (κ1) is 22.2. The van der Waals surface area contributed by atoms with E-state index in [1.54, 1.807) is 6.92 Å². The van der Waals surface area contributed by atoms with Crippen molar-refractivity contribution in [3.8, 4) is 0 Å². The maximum atomic E-state index is 12.9. The fourth-order valence-electron chi connectivity index (χ4n) is 4.15. The van der Waals surface area contributed by atoms with E-state index in [1.807, 2.05) is 48.5 Å². The number of anilines is 1. The summed E-state index contributed by atoms with van der Waals surface area (Å²) in [4.78, 5) is 29.9. The molecule has 32 heavy (non-hydrogen) atoms. The highest BCUT2D eigenvalue weighted by Crippen LogP contribution is 2.28. The van der Waals surface area contributed by atoms with Crippen LogP contribution in [0.1, 0.15) is 18.5 Å². The average Bonchev–Trinajstić information content (AvgIpc) is 2.80. The molecule has 2 aliphatic heterocycles. The quantitative estimate of drug-likeness (QED) is 0.655. The van der Waals surface area contributed by atoms with Crippen LogP contribution in [0.25, 0.3) is 0 Å². The van der Waals surface area contributed by atoms with E-state index < -0.39 is 12.0 Å². The van der Waals surface area contributed by atoms with Crippen molar-refractivity contribution >= 4 is 29.3 Å². The number of hydrogen-bond donors (Lipinski definition) is 2. The molecular formula is C24H27ClN4O3. The van der Waals surface area contributed by atoms with E-state index in [0.29, 0.717) is 17.8 Å². The summed E-state index contributed by atoms with van der Waals surface area (Å²) in [5.41, 5.74) is 2.99. The second-order valence-corrected chi connectivity index (χ2v) is 8.23. The molecule has 1 fully saturated rings. The second kappa shape index (κ2) is 10.1. The summed E-state index contributed by atoms with van der Waals surface area (Å²) < 4.78 is 5.35. The summed E-state index contributed by atoms with van der Waals surface area (Å²) in [7, 11) is 0. The minimum atomic E-state index is -0.549. The maximum Gasteiger partial charge on any atom is 0.338 e. The first-order chi connectivity index (χ1) is 15.5. The van der Waals surface area contributed by atoms with Gasteiger partial charge in [0.05, 0.1) is 18.2 Å². The van der Waals surface area contributed by atoms with Gasteiger partial charge in [0.1, 0.15) is 0 Å². The van der Waals surface area contributed by atoms with Crippen molar-refractivity contribution in [1.82, 2.24) is 15.5 Å². The zero-order valence-corrected chi connectivity index (χ0v) is 18.8. The van der Waals surface area contributed by atoms with E-state index in [9.17, 15) is 9.59 Å². The number of nitrogens with zero attached hydrogens (tertiary/aromatic N) is 2. The van der Waals surface area contributed by atoms with E-state index >= 15 is 0 Å². The maximum absolute atomic E-state index is 12.9. The van der Waals surface area contributed by atoms with E-state index in [2.05, 4.69) is 26.5 Å². The molecule has 0 radical (unpaired) electrons. The number of amides is 2. The highest BCUT2D eigenvalue weighted by molar-refractivity contribution is 6.30. The van der Waals surface area contributed by atoms with Crippen LogP contribution in [-0.2, 0) is 9.53 Å². The molecule has 4 rings (SSSR count). The molecule has 8 heteroatoms. The van der Waals surface area contributed by atoms with Crippen LogP contribution < -0.4 is 15.5 Å². The van der Waals surface area contributed by atoms with Gasteiger partial charge in [0.2, 0.25) is 0 Å². The van der Waals surface area contributed by atoms with Gasteiger partial charge in [-0.3, -0.25) is 4.90 Å². The lowest BCUT2D eigenvalue weighted by Gasteiger charge is -2.38. The van der Waals surface area contributed by atoms with Crippen LogP contribution in [0.2, 0.25) is 5.02 Å². The molecule has 0 unspecified atom stereocenters. The Labute approximate surface area is 193 Å². The van der Waals surface area contributed by atoms with E-state index in [0.717, 1.165) is 42.5 Å². The number of ether oxygens (including phenoxy) is 1. The lowest BCUT2D eigenvalue weighted by molar-refractivity contribution is -0.139. The van der Waals surface area contributed by atoms with Crippen LogP contribution in [0.15, 0.2) is 65.9 Å². The molecule has 0 spiro atoms. The van der Waals surface area contributed by atoms with E-state index in [4.69, 9.17) is 16.3 Å². The van der Waals surface area contributed by atoms with Crippen LogP contribution >= 0.6 is 11.6 Å². The van der Waals surface area contributed by atoms with Gasteiger partial charge in [-0.15, -0.1) is 0 Å². The van der Waals surface area contributed by atoms with Gasteiger partial charge < -0.3 is 20.3 Å². The molecule has 2 aromatic rings. The SMILES string of the molecule is CCOC(=O)C1=C(CN2CCN(c3cccc(Cl)c3)CC2)NC(=O)N[C@H]1c1ccccc1. The second-order valence-electron chi connectivity index (χ2n) is 7.80. The van der Waals surface area contributed by atoms with Crippen LogP contribution in [0.3, 0.4) is 0 Å².